The molecule has 1 aromatic heterocycles. The summed E-state index contributed by atoms with van der Waals surface area (Å²) in [5, 5.41) is 9.24. The number of nitrogens with one attached hydrogen (secondary N) is 3. The Morgan fingerprint density at radius 1 is 1.12 bits per heavy atom. The molecule has 3 saturated carbocycles. The lowest BCUT2D eigenvalue weighted by Gasteiger charge is -2.64. The molecular weight excluding hydrogens is 506 g/mol. The normalized spacial score (nSPS) is 29.4. The number of aromatic nitrogens is 1. The highest BCUT2D eigenvalue weighted by Gasteiger charge is 2.57. The fourth-order valence-corrected chi connectivity index (χ4v) is 8.05. The molecule has 0 radical (unpaired) electrons. The molecule has 2 aliphatic heterocycles. The summed E-state index contributed by atoms with van der Waals surface area (Å²) in [4.78, 5) is 12.0. The number of hydrogen-bond acceptors (Lipinski definition) is 5. The summed E-state index contributed by atoms with van der Waals surface area (Å²) < 4.78 is 0. The highest BCUT2D eigenvalue weighted by Crippen LogP contribution is 2.62. The lowest BCUT2D eigenvalue weighted by Crippen LogP contribution is -2.64. The number of anilines is 1. The number of aliphatic imine (C=N–C) groups is 1. The fraction of sp³-hybridized carbons (Fsp3) is 0.588. The van der Waals surface area contributed by atoms with E-state index in [1.54, 1.807) is 0 Å². The third kappa shape index (κ3) is 5.63. The first-order valence-electron chi connectivity index (χ1n) is 15.7. The Balaban J connectivity index is 1.03. The molecular formula is C34H49N7. The number of rotatable bonds is 6. The monoisotopic (exact) mass is 555 g/mol. The van der Waals surface area contributed by atoms with Gasteiger partial charge in [0.25, 0.3) is 0 Å². The molecule has 3 aliphatic carbocycles. The molecule has 4 fully saturated rings. The van der Waals surface area contributed by atoms with Gasteiger partial charge in [-0.15, -0.1) is 0 Å². The van der Waals surface area contributed by atoms with Crippen LogP contribution in [0.2, 0.25) is 0 Å². The number of guanidine groups is 1. The topological polar surface area (TPSA) is 67.8 Å². The first-order chi connectivity index (χ1) is 19.7. The van der Waals surface area contributed by atoms with E-state index in [4.69, 9.17) is 4.98 Å². The van der Waals surface area contributed by atoms with E-state index in [1.807, 2.05) is 19.4 Å². The molecule has 2 bridgehead atoms. The smallest absolute Gasteiger partial charge is 0.211 e. The van der Waals surface area contributed by atoms with Gasteiger partial charge in [0.2, 0.25) is 5.96 Å². The van der Waals surface area contributed by atoms with Gasteiger partial charge in [-0.1, -0.05) is 58.9 Å². The van der Waals surface area contributed by atoms with Crippen molar-refractivity contribution in [2.45, 2.75) is 66.0 Å². The number of pyridine rings is 1. The molecule has 5 aliphatic rings. The number of hydrazine groups is 1. The number of nitrogens with zero attached hydrogens (tertiary/aromatic N) is 4. The van der Waals surface area contributed by atoms with Crippen molar-refractivity contribution in [3.05, 3.63) is 65.0 Å². The maximum absolute atomic E-state index is 4.76. The SMILES string of the molecule is CN=C(Nc1ccc(C2NC=Cc3ccc(CC(C)C)cc32)cn1)NN1CCN(C2CC3CC(C2C)C3(C)C)CC1. The minimum Gasteiger partial charge on any atom is -0.380 e. The summed E-state index contributed by atoms with van der Waals surface area (Å²) in [6.07, 6.45) is 10.1. The molecule has 0 spiro atoms. The van der Waals surface area contributed by atoms with Gasteiger partial charge in [0.1, 0.15) is 5.82 Å². The summed E-state index contributed by atoms with van der Waals surface area (Å²) >= 11 is 0. The quantitative estimate of drug-likeness (QED) is 0.322. The predicted octanol–water partition coefficient (Wildman–Crippen LogP) is 5.53. The van der Waals surface area contributed by atoms with E-state index in [2.05, 4.69) is 102 Å². The van der Waals surface area contributed by atoms with Gasteiger partial charge >= 0.3 is 0 Å². The van der Waals surface area contributed by atoms with Gasteiger partial charge < -0.3 is 10.6 Å². The largest absolute Gasteiger partial charge is 0.380 e. The molecule has 1 aromatic carbocycles. The van der Waals surface area contributed by atoms with Crippen LogP contribution < -0.4 is 16.1 Å². The van der Waals surface area contributed by atoms with E-state index >= 15 is 0 Å². The average Bonchev–Trinajstić information content (AvgIpc) is 2.97. The number of fused-ring (bicyclic) bond motifs is 3. The fourth-order valence-electron chi connectivity index (χ4n) is 8.05. The van der Waals surface area contributed by atoms with Gasteiger partial charge in [-0.2, -0.15) is 0 Å². The van der Waals surface area contributed by atoms with Crippen LogP contribution >= 0.6 is 0 Å². The van der Waals surface area contributed by atoms with E-state index in [1.165, 1.54) is 29.5 Å². The van der Waals surface area contributed by atoms with Crippen LogP contribution in [-0.4, -0.2) is 60.1 Å². The van der Waals surface area contributed by atoms with Gasteiger partial charge in [0.15, 0.2) is 0 Å². The second kappa shape index (κ2) is 11.4. The van der Waals surface area contributed by atoms with Crippen molar-refractivity contribution in [1.29, 1.82) is 0 Å². The van der Waals surface area contributed by atoms with Gasteiger partial charge in [-0.25, -0.2) is 9.99 Å². The van der Waals surface area contributed by atoms with Crippen molar-refractivity contribution < 1.29 is 0 Å². The molecule has 3 heterocycles. The Hall–Kier alpha value is -2.90. The zero-order valence-corrected chi connectivity index (χ0v) is 25.8. The molecule has 7 rings (SSSR count). The van der Waals surface area contributed by atoms with Crippen LogP contribution in [0.1, 0.15) is 75.8 Å². The van der Waals surface area contributed by atoms with Crippen LogP contribution in [0.15, 0.2) is 47.7 Å². The summed E-state index contributed by atoms with van der Waals surface area (Å²) in [7, 11) is 1.82. The van der Waals surface area contributed by atoms with Crippen molar-refractivity contribution >= 4 is 17.9 Å². The van der Waals surface area contributed by atoms with Gasteiger partial charge in [0, 0.05) is 45.5 Å². The minimum absolute atomic E-state index is 0.0984. The molecule has 2 aromatic rings. The van der Waals surface area contributed by atoms with Crippen molar-refractivity contribution in [2.75, 3.05) is 38.5 Å². The molecule has 3 N–H and O–H groups in total. The Kier molecular flexibility index (Phi) is 7.86. The average molecular weight is 556 g/mol. The van der Waals surface area contributed by atoms with Crippen molar-refractivity contribution in [3.8, 4) is 0 Å². The second-order valence-electron chi connectivity index (χ2n) is 13.8. The summed E-state index contributed by atoms with van der Waals surface area (Å²) in [5.41, 5.74) is 9.19. The Bertz CT molecular complexity index is 1270. The van der Waals surface area contributed by atoms with E-state index in [0.717, 1.165) is 73.7 Å². The third-order valence-corrected chi connectivity index (χ3v) is 10.6. The summed E-state index contributed by atoms with van der Waals surface area (Å²) in [5.74, 6) is 4.76. The van der Waals surface area contributed by atoms with Crippen molar-refractivity contribution in [1.82, 2.24) is 25.6 Å². The highest BCUT2D eigenvalue weighted by molar-refractivity contribution is 5.92. The maximum atomic E-state index is 4.76. The molecule has 220 valence electrons. The second-order valence-corrected chi connectivity index (χ2v) is 13.8. The molecule has 5 atom stereocenters. The maximum Gasteiger partial charge on any atom is 0.211 e. The van der Waals surface area contributed by atoms with Gasteiger partial charge in [-0.05, 0) is 88.9 Å². The van der Waals surface area contributed by atoms with E-state index in [9.17, 15) is 0 Å². The molecule has 0 amide bonds. The van der Waals surface area contributed by atoms with Crippen molar-refractivity contribution in [3.63, 3.8) is 0 Å². The molecule has 1 saturated heterocycles. The third-order valence-electron chi connectivity index (χ3n) is 10.6. The number of hydrogen-bond donors (Lipinski definition) is 3. The highest BCUT2D eigenvalue weighted by atomic mass is 15.6. The number of piperazine rings is 1. The first kappa shape index (κ1) is 28.2. The zero-order chi connectivity index (χ0) is 28.7. The minimum atomic E-state index is 0.0984. The lowest BCUT2D eigenvalue weighted by atomic mass is 9.44. The van der Waals surface area contributed by atoms with Crippen LogP contribution in [0.5, 0.6) is 0 Å². The van der Waals surface area contributed by atoms with Crippen LogP contribution in [0.3, 0.4) is 0 Å². The zero-order valence-electron chi connectivity index (χ0n) is 25.8. The molecule has 41 heavy (non-hydrogen) atoms. The Morgan fingerprint density at radius 2 is 1.93 bits per heavy atom. The summed E-state index contributed by atoms with van der Waals surface area (Å²) in [6.45, 7) is 16.2. The van der Waals surface area contributed by atoms with Gasteiger partial charge in [-0.3, -0.25) is 15.3 Å². The van der Waals surface area contributed by atoms with Crippen LogP contribution in [-0.2, 0) is 6.42 Å². The predicted molar refractivity (Wildman–Crippen MR) is 169 cm³/mol. The molecule has 7 heteroatoms. The van der Waals surface area contributed by atoms with Crippen LogP contribution in [0.25, 0.3) is 6.08 Å². The van der Waals surface area contributed by atoms with Crippen LogP contribution in [0, 0.1) is 29.1 Å². The number of benzene rings is 1. The first-order valence-corrected chi connectivity index (χ1v) is 15.7. The standard InChI is InChI=1S/C34H49N7/c1-22(2)17-24-7-8-25-11-12-36-32(28(25)18-24)26-9-10-31(37-21-26)38-33(35-6)39-41-15-13-40(14-16-41)30-20-27-19-29(23(30)3)34(27,4)5/h7-12,18,21-23,27,29-30,32,36H,13-17,19-20H2,1-6H3,(H2,35,37,38,39). The van der Waals surface area contributed by atoms with Gasteiger partial charge in [0.05, 0.1) is 6.04 Å². The Labute approximate surface area is 246 Å². The summed E-state index contributed by atoms with van der Waals surface area (Å²) in [6, 6.07) is 11.9. The molecule has 5 unspecified atom stereocenters. The lowest BCUT2D eigenvalue weighted by molar-refractivity contribution is -0.143. The Morgan fingerprint density at radius 3 is 2.59 bits per heavy atom. The van der Waals surface area contributed by atoms with E-state index < -0.39 is 0 Å². The van der Waals surface area contributed by atoms with Crippen LogP contribution in [0.4, 0.5) is 5.82 Å². The van der Waals surface area contributed by atoms with E-state index in [-0.39, 0.29) is 6.04 Å². The van der Waals surface area contributed by atoms with Crippen molar-refractivity contribution in [2.24, 2.45) is 34.1 Å². The molecule has 7 nitrogen and oxygen atoms in total. The van der Waals surface area contributed by atoms with E-state index in [0.29, 0.717) is 11.3 Å².